The van der Waals surface area contributed by atoms with Gasteiger partial charge in [0, 0.05) is 23.2 Å². The van der Waals surface area contributed by atoms with E-state index in [1.54, 1.807) is 0 Å². The first-order valence-corrected chi connectivity index (χ1v) is 7.46. The minimum atomic E-state index is 0. The standard InChI is InChI=1S/C19H18N2O.BrH/c1-15-9-12-21(13-10-15)14-11-19(22)20-18-8-4-6-16-5-2-3-7-17(16)18;/h2-10,12-13H,11,14H2,1H3;1H. The number of aryl methyl sites for hydroxylation is 2. The summed E-state index contributed by atoms with van der Waals surface area (Å²) in [7, 11) is 0. The van der Waals surface area contributed by atoms with Crippen molar-refractivity contribution in [2.45, 2.75) is 19.9 Å². The lowest BCUT2D eigenvalue weighted by atomic mass is 10.1. The molecule has 0 aliphatic heterocycles. The number of nitrogens with zero attached hydrogens (tertiary/aromatic N) is 1. The van der Waals surface area contributed by atoms with Gasteiger partial charge in [0.05, 0.1) is 6.42 Å². The fourth-order valence-corrected chi connectivity index (χ4v) is 2.46. The van der Waals surface area contributed by atoms with Gasteiger partial charge in [-0.15, -0.1) is 0 Å². The molecule has 1 N–H and O–H groups in total. The zero-order valence-corrected chi connectivity index (χ0v) is 14.6. The van der Waals surface area contributed by atoms with Gasteiger partial charge in [0.1, 0.15) is 0 Å². The van der Waals surface area contributed by atoms with Crippen molar-refractivity contribution in [1.29, 1.82) is 0 Å². The normalized spacial score (nSPS) is 10.1. The maximum Gasteiger partial charge on any atom is 0.230 e. The van der Waals surface area contributed by atoms with Crippen LogP contribution in [-0.4, -0.2) is 5.91 Å². The molecule has 0 bridgehead atoms. The van der Waals surface area contributed by atoms with E-state index in [2.05, 4.69) is 12.2 Å². The van der Waals surface area contributed by atoms with Crippen molar-refractivity contribution in [2.75, 3.05) is 5.32 Å². The van der Waals surface area contributed by atoms with Crippen LogP contribution in [0.25, 0.3) is 10.8 Å². The van der Waals surface area contributed by atoms with Gasteiger partial charge >= 0.3 is 0 Å². The molecule has 2 aromatic carbocycles. The van der Waals surface area contributed by atoms with Gasteiger partial charge < -0.3 is 22.3 Å². The molecule has 1 heterocycles. The molecule has 0 saturated carbocycles. The van der Waals surface area contributed by atoms with Crippen LogP contribution in [0.4, 0.5) is 5.69 Å². The topological polar surface area (TPSA) is 33.0 Å². The maximum absolute atomic E-state index is 12.2. The Bertz CT molecular complexity index is 795. The Morgan fingerprint density at radius 1 is 1.00 bits per heavy atom. The van der Waals surface area contributed by atoms with Crippen molar-refractivity contribution >= 4 is 22.4 Å². The third-order valence-corrected chi connectivity index (χ3v) is 3.72. The average molecular weight is 371 g/mol. The van der Waals surface area contributed by atoms with Crippen LogP contribution in [-0.2, 0) is 11.3 Å². The van der Waals surface area contributed by atoms with E-state index in [0.29, 0.717) is 13.0 Å². The van der Waals surface area contributed by atoms with Gasteiger partial charge in [-0.1, -0.05) is 36.4 Å². The lowest BCUT2D eigenvalue weighted by molar-refractivity contribution is -0.695. The third kappa shape index (κ3) is 4.39. The molecule has 0 radical (unpaired) electrons. The first-order valence-electron chi connectivity index (χ1n) is 7.46. The van der Waals surface area contributed by atoms with E-state index in [4.69, 9.17) is 0 Å². The summed E-state index contributed by atoms with van der Waals surface area (Å²) >= 11 is 0. The Balaban J connectivity index is 0.00000192. The monoisotopic (exact) mass is 370 g/mol. The van der Waals surface area contributed by atoms with Crippen molar-refractivity contribution in [1.82, 2.24) is 0 Å². The number of pyridine rings is 1. The first-order chi connectivity index (χ1) is 10.7. The predicted molar refractivity (Wildman–Crippen MR) is 88.6 cm³/mol. The van der Waals surface area contributed by atoms with Gasteiger partial charge in [-0.25, -0.2) is 4.57 Å². The largest absolute Gasteiger partial charge is 1.00 e. The zero-order valence-electron chi connectivity index (χ0n) is 13.0. The van der Waals surface area contributed by atoms with Crippen molar-refractivity contribution in [3.8, 4) is 0 Å². The average Bonchev–Trinajstić information content (AvgIpc) is 2.55. The Morgan fingerprint density at radius 3 is 2.48 bits per heavy atom. The van der Waals surface area contributed by atoms with Crippen molar-refractivity contribution in [2.24, 2.45) is 0 Å². The van der Waals surface area contributed by atoms with Gasteiger partial charge in [0.2, 0.25) is 5.91 Å². The highest BCUT2D eigenvalue weighted by atomic mass is 79.9. The molecule has 0 spiro atoms. The Hall–Kier alpha value is -2.20. The lowest BCUT2D eigenvalue weighted by Crippen LogP contribution is -3.00. The minimum absolute atomic E-state index is 0. The highest BCUT2D eigenvalue weighted by Gasteiger charge is 2.08. The molecule has 118 valence electrons. The lowest BCUT2D eigenvalue weighted by Gasteiger charge is -2.08. The summed E-state index contributed by atoms with van der Waals surface area (Å²) in [6, 6.07) is 18.1. The Morgan fingerprint density at radius 2 is 1.70 bits per heavy atom. The smallest absolute Gasteiger partial charge is 0.230 e. The number of halogens is 1. The van der Waals surface area contributed by atoms with Gasteiger partial charge in [0.15, 0.2) is 18.9 Å². The zero-order chi connectivity index (χ0) is 15.4. The highest BCUT2D eigenvalue weighted by Crippen LogP contribution is 2.22. The number of rotatable bonds is 4. The van der Waals surface area contributed by atoms with Gasteiger partial charge in [-0.3, -0.25) is 4.79 Å². The van der Waals surface area contributed by atoms with Crippen LogP contribution in [0.5, 0.6) is 0 Å². The third-order valence-electron chi connectivity index (χ3n) is 3.72. The molecule has 0 fully saturated rings. The van der Waals surface area contributed by atoms with E-state index in [1.807, 2.05) is 71.6 Å². The second-order valence-electron chi connectivity index (χ2n) is 5.44. The number of carbonyl (C=O) groups is 1. The molecule has 0 saturated heterocycles. The minimum Gasteiger partial charge on any atom is -1.00 e. The second kappa shape index (κ2) is 7.88. The number of nitrogens with one attached hydrogen (secondary N) is 1. The number of hydrogen-bond donors (Lipinski definition) is 1. The molecule has 3 aromatic rings. The van der Waals surface area contributed by atoms with Crippen LogP contribution in [0, 0.1) is 6.92 Å². The molecular weight excluding hydrogens is 352 g/mol. The quantitative estimate of drug-likeness (QED) is 0.665. The molecule has 23 heavy (non-hydrogen) atoms. The van der Waals surface area contributed by atoms with Gasteiger partial charge in [-0.2, -0.15) is 0 Å². The van der Waals surface area contributed by atoms with Crippen LogP contribution < -0.4 is 26.9 Å². The van der Waals surface area contributed by atoms with Gasteiger partial charge in [0.25, 0.3) is 0 Å². The van der Waals surface area contributed by atoms with Crippen LogP contribution in [0.15, 0.2) is 67.0 Å². The van der Waals surface area contributed by atoms with E-state index < -0.39 is 0 Å². The van der Waals surface area contributed by atoms with Crippen LogP contribution in [0.3, 0.4) is 0 Å². The summed E-state index contributed by atoms with van der Waals surface area (Å²) in [4.78, 5) is 12.2. The molecular formula is C19H19BrN2O. The summed E-state index contributed by atoms with van der Waals surface area (Å²) in [5.74, 6) is 0.0319. The van der Waals surface area contributed by atoms with E-state index in [1.165, 1.54) is 5.56 Å². The molecule has 0 aliphatic rings. The molecule has 0 atom stereocenters. The summed E-state index contributed by atoms with van der Waals surface area (Å²) in [6.07, 6.45) is 4.46. The highest BCUT2D eigenvalue weighted by molar-refractivity contribution is 6.01. The summed E-state index contributed by atoms with van der Waals surface area (Å²) in [5, 5.41) is 5.22. The molecule has 3 nitrogen and oxygen atoms in total. The molecule has 0 aliphatic carbocycles. The van der Waals surface area contributed by atoms with Crippen LogP contribution in [0.1, 0.15) is 12.0 Å². The van der Waals surface area contributed by atoms with Crippen molar-refractivity contribution in [3.05, 3.63) is 72.6 Å². The number of amides is 1. The fourth-order valence-electron chi connectivity index (χ4n) is 2.46. The van der Waals surface area contributed by atoms with Crippen molar-refractivity contribution < 1.29 is 26.3 Å². The number of benzene rings is 2. The SMILES string of the molecule is Cc1cc[n+](CCC(=O)Nc2cccc3ccccc23)cc1.[Br-]. The Labute approximate surface area is 146 Å². The van der Waals surface area contributed by atoms with Crippen molar-refractivity contribution in [3.63, 3.8) is 0 Å². The molecule has 0 unspecified atom stereocenters. The van der Waals surface area contributed by atoms with E-state index in [-0.39, 0.29) is 22.9 Å². The van der Waals surface area contributed by atoms with Gasteiger partial charge in [-0.05, 0) is 23.9 Å². The number of aromatic nitrogens is 1. The fraction of sp³-hybridized carbons (Fsp3) is 0.158. The van der Waals surface area contributed by atoms with E-state index >= 15 is 0 Å². The number of hydrogen-bond acceptors (Lipinski definition) is 1. The summed E-state index contributed by atoms with van der Waals surface area (Å²) < 4.78 is 2.02. The molecule has 1 aromatic heterocycles. The number of carbonyl (C=O) groups excluding carboxylic acids is 1. The maximum atomic E-state index is 12.2. The number of anilines is 1. The molecule has 3 rings (SSSR count). The Kier molecular flexibility index (Phi) is 5.88. The van der Waals surface area contributed by atoms with E-state index in [9.17, 15) is 4.79 Å². The molecule has 4 heteroatoms. The first kappa shape index (κ1) is 17.2. The van der Waals surface area contributed by atoms with Crippen LogP contribution in [0.2, 0.25) is 0 Å². The predicted octanol–water partition coefficient (Wildman–Crippen LogP) is 0.469. The number of fused-ring (bicyclic) bond motifs is 1. The second-order valence-corrected chi connectivity index (χ2v) is 5.44. The van der Waals surface area contributed by atoms with Crippen LogP contribution >= 0.6 is 0 Å². The molecule has 1 amide bonds. The summed E-state index contributed by atoms with van der Waals surface area (Å²) in [5.41, 5.74) is 2.09. The van der Waals surface area contributed by atoms with E-state index in [0.717, 1.165) is 16.5 Å². The summed E-state index contributed by atoms with van der Waals surface area (Å²) in [6.45, 7) is 2.73.